The van der Waals surface area contributed by atoms with Crippen molar-refractivity contribution < 1.29 is 33.3 Å². The molecule has 8 heteroatoms. The van der Waals surface area contributed by atoms with E-state index in [-0.39, 0.29) is 11.5 Å². The SMILES string of the molecule is O=C(O)CC(O)(CC(=O)O)C1CCCS(=O)(=O)C1. The Hall–Kier alpha value is -1.15. The largest absolute Gasteiger partial charge is 0.481 e. The van der Waals surface area contributed by atoms with E-state index in [1.54, 1.807) is 0 Å². The third-order valence-corrected chi connectivity index (χ3v) is 4.96. The molecule has 0 aliphatic carbocycles. The number of hydrogen-bond acceptors (Lipinski definition) is 5. The zero-order valence-corrected chi connectivity index (χ0v) is 10.5. The number of carboxylic acid groups (broad SMARTS) is 2. The van der Waals surface area contributed by atoms with Gasteiger partial charge in [-0.25, -0.2) is 8.42 Å². The van der Waals surface area contributed by atoms with Crippen LogP contribution in [0.15, 0.2) is 0 Å². The summed E-state index contributed by atoms with van der Waals surface area (Å²) in [6, 6.07) is 0. The summed E-state index contributed by atoms with van der Waals surface area (Å²) >= 11 is 0. The number of hydrogen-bond donors (Lipinski definition) is 3. The summed E-state index contributed by atoms with van der Waals surface area (Å²) in [4.78, 5) is 21.4. The lowest BCUT2D eigenvalue weighted by Crippen LogP contribution is -2.47. The number of carboxylic acids is 2. The fourth-order valence-corrected chi connectivity index (χ4v) is 4.18. The van der Waals surface area contributed by atoms with Crippen molar-refractivity contribution in [2.75, 3.05) is 11.5 Å². The number of aliphatic carboxylic acids is 2. The molecule has 0 aromatic heterocycles. The third kappa shape index (κ3) is 3.95. The highest BCUT2D eigenvalue weighted by atomic mass is 32.2. The Balaban J connectivity index is 2.94. The molecule has 104 valence electrons. The second kappa shape index (κ2) is 5.23. The van der Waals surface area contributed by atoms with Crippen molar-refractivity contribution in [3.05, 3.63) is 0 Å². The van der Waals surface area contributed by atoms with Gasteiger partial charge in [-0.2, -0.15) is 0 Å². The summed E-state index contributed by atoms with van der Waals surface area (Å²) in [7, 11) is -3.33. The van der Waals surface area contributed by atoms with Crippen LogP contribution in [0.4, 0.5) is 0 Å². The molecule has 0 aromatic rings. The summed E-state index contributed by atoms with van der Waals surface area (Å²) < 4.78 is 22.9. The molecule has 0 spiro atoms. The fraction of sp³-hybridized carbons (Fsp3) is 0.800. The third-order valence-electron chi connectivity index (χ3n) is 3.14. The summed E-state index contributed by atoms with van der Waals surface area (Å²) in [5, 5.41) is 27.6. The van der Waals surface area contributed by atoms with Gasteiger partial charge < -0.3 is 15.3 Å². The molecule has 3 N–H and O–H groups in total. The molecule has 0 bridgehead atoms. The van der Waals surface area contributed by atoms with Gasteiger partial charge in [0.15, 0.2) is 9.84 Å². The summed E-state index contributed by atoms with van der Waals surface area (Å²) in [5.74, 6) is -3.89. The van der Waals surface area contributed by atoms with E-state index in [9.17, 15) is 23.1 Å². The lowest BCUT2D eigenvalue weighted by molar-refractivity contribution is -0.152. The smallest absolute Gasteiger partial charge is 0.306 e. The van der Waals surface area contributed by atoms with Crippen LogP contribution in [0.25, 0.3) is 0 Å². The minimum Gasteiger partial charge on any atom is -0.481 e. The van der Waals surface area contributed by atoms with Gasteiger partial charge in [-0.1, -0.05) is 0 Å². The Labute approximate surface area is 104 Å². The van der Waals surface area contributed by atoms with E-state index in [4.69, 9.17) is 10.2 Å². The van der Waals surface area contributed by atoms with Crippen LogP contribution in [0.3, 0.4) is 0 Å². The maximum Gasteiger partial charge on any atom is 0.306 e. The van der Waals surface area contributed by atoms with Gasteiger partial charge in [-0.05, 0) is 12.8 Å². The Bertz CT molecular complexity index is 423. The van der Waals surface area contributed by atoms with Gasteiger partial charge in [0.1, 0.15) is 0 Å². The van der Waals surface area contributed by atoms with E-state index >= 15 is 0 Å². The first kappa shape index (κ1) is 14.9. The lowest BCUT2D eigenvalue weighted by atomic mass is 9.80. The first-order valence-electron chi connectivity index (χ1n) is 5.51. The molecule has 1 fully saturated rings. The Morgan fingerprint density at radius 3 is 2.06 bits per heavy atom. The standard InChI is InChI=1S/C10H16O7S/c11-8(12)4-10(15,5-9(13)14)7-2-1-3-18(16,17)6-7/h7,15H,1-6H2,(H,11,12)(H,13,14). The molecule has 1 unspecified atom stereocenters. The highest BCUT2D eigenvalue weighted by Gasteiger charge is 2.44. The first-order chi connectivity index (χ1) is 8.15. The van der Waals surface area contributed by atoms with Crippen molar-refractivity contribution in [3.8, 4) is 0 Å². The van der Waals surface area contributed by atoms with Crippen LogP contribution in [0, 0.1) is 5.92 Å². The highest BCUT2D eigenvalue weighted by molar-refractivity contribution is 7.91. The highest BCUT2D eigenvalue weighted by Crippen LogP contribution is 2.33. The predicted octanol–water partition coefficient (Wildman–Crippen LogP) is -0.508. The van der Waals surface area contributed by atoms with Crippen molar-refractivity contribution in [1.29, 1.82) is 0 Å². The topological polar surface area (TPSA) is 129 Å². The monoisotopic (exact) mass is 280 g/mol. The molecule has 0 radical (unpaired) electrons. The van der Waals surface area contributed by atoms with Gasteiger partial charge in [0, 0.05) is 5.92 Å². The van der Waals surface area contributed by atoms with Crippen LogP contribution in [0.5, 0.6) is 0 Å². The number of sulfone groups is 1. The number of rotatable bonds is 5. The summed E-state index contributed by atoms with van der Waals surface area (Å²) in [5.41, 5.74) is -2.01. The maximum atomic E-state index is 11.5. The van der Waals surface area contributed by atoms with E-state index in [0.717, 1.165) is 0 Å². The van der Waals surface area contributed by atoms with Crippen molar-refractivity contribution >= 4 is 21.8 Å². The molecule has 1 aliphatic heterocycles. The van der Waals surface area contributed by atoms with Gasteiger partial charge >= 0.3 is 11.9 Å². The molecule has 0 saturated carbocycles. The summed E-state index contributed by atoms with van der Waals surface area (Å²) in [6.45, 7) is 0. The molecule has 0 amide bonds. The molecule has 1 aliphatic rings. The van der Waals surface area contributed by atoms with E-state index in [0.29, 0.717) is 12.8 Å². The summed E-state index contributed by atoms with van der Waals surface area (Å²) in [6.07, 6.45) is -0.899. The lowest BCUT2D eigenvalue weighted by Gasteiger charge is -2.36. The second-order valence-electron chi connectivity index (χ2n) is 4.70. The van der Waals surface area contributed by atoms with Crippen LogP contribution >= 0.6 is 0 Å². The Morgan fingerprint density at radius 1 is 1.17 bits per heavy atom. The maximum absolute atomic E-state index is 11.5. The molecule has 1 rings (SSSR count). The number of carbonyl (C=O) groups is 2. The molecule has 1 heterocycles. The average molecular weight is 280 g/mol. The van der Waals surface area contributed by atoms with Crippen molar-refractivity contribution in [2.45, 2.75) is 31.3 Å². The first-order valence-corrected chi connectivity index (χ1v) is 7.33. The molecule has 1 saturated heterocycles. The van der Waals surface area contributed by atoms with Gasteiger partial charge in [0.2, 0.25) is 0 Å². The van der Waals surface area contributed by atoms with Crippen molar-refractivity contribution in [1.82, 2.24) is 0 Å². The van der Waals surface area contributed by atoms with E-state index < -0.39 is 46.1 Å². The Morgan fingerprint density at radius 2 is 1.67 bits per heavy atom. The van der Waals surface area contributed by atoms with Crippen LogP contribution in [-0.2, 0) is 19.4 Å². The molecular formula is C10H16O7S. The normalized spacial score (nSPS) is 23.5. The van der Waals surface area contributed by atoms with Gasteiger partial charge in [-0.15, -0.1) is 0 Å². The fourth-order valence-electron chi connectivity index (χ4n) is 2.32. The van der Waals surface area contributed by atoms with Crippen LogP contribution in [-0.4, -0.2) is 52.8 Å². The Kier molecular flexibility index (Phi) is 4.33. The zero-order chi connectivity index (χ0) is 14.0. The van der Waals surface area contributed by atoms with Crippen LogP contribution < -0.4 is 0 Å². The van der Waals surface area contributed by atoms with Gasteiger partial charge in [0.25, 0.3) is 0 Å². The molecule has 18 heavy (non-hydrogen) atoms. The van der Waals surface area contributed by atoms with Gasteiger partial charge in [-0.3, -0.25) is 9.59 Å². The molecule has 1 atom stereocenters. The van der Waals surface area contributed by atoms with E-state index in [1.807, 2.05) is 0 Å². The quantitative estimate of drug-likeness (QED) is 0.618. The minimum atomic E-state index is -3.33. The van der Waals surface area contributed by atoms with Gasteiger partial charge in [0.05, 0.1) is 29.9 Å². The van der Waals surface area contributed by atoms with E-state index in [2.05, 4.69) is 0 Å². The number of aliphatic hydroxyl groups is 1. The van der Waals surface area contributed by atoms with Crippen molar-refractivity contribution in [3.63, 3.8) is 0 Å². The minimum absolute atomic E-state index is 0.000275. The predicted molar refractivity (Wildman–Crippen MR) is 60.8 cm³/mol. The molecule has 7 nitrogen and oxygen atoms in total. The molecular weight excluding hydrogens is 264 g/mol. The van der Waals surface area contributed by atoms with Crippen LogP contribution in [0.1, 0.15) is 25.7 Å². The zero-order valence-electron chi connectivity index (χ0n) is 9.70. The van der Waals surface area contributed by atoms with E-state index in [1.165, 1.54) is 0 Å². The average Bonchev–Trinajstić information content (AvgIpc) is 2.12. The molecule has 0 aromatic carbocycles. The second-order valence-corrected chi connectivity index (χ2v) is 6.93. The van der Waals surface area contributed by atoms with Crippen LogP contribution in [0.2, 0.25) is 0 Å². The van der Waals surface area contributed by atoms with Crippen molar-refractivity contribution in [2.24, 2.45) is 5.92 Å².